The summed E-state index contributed by atoms with van der Waals surface area (Å²) in [5.74, 6) is -1.00. The molecule has 0 aromatic carbocycles. The zero-order valence-corrected chi connectivity index (χ0v) is 15.1. The third-order valence-corrected chi connectivity index (χ3v) is 3.45. The van der Waals surface area contributed by atoms with Crippen LogP contribution in [0.5, 0.6) is 0 Å². The van der Waals surface area contributed by atoms with E-state index in [0.29, 0.717) is 6.61 Å². The maximum atomic E-state index is 11.4. The first-order chi connectivity index (χ1) is 11.1. The molecule has 0 N–H and O–H groups in total. The first kappa shape index (κ1) is 21.7. The van der Waals surface area contributed by atoms with E-state index in [1.54, 1.807) is 13.8 Å². The Morgan fingerprint density at radius 3 is 1.78 bits per heavy atom. The van der Waals surface area contributed by atoms with Gasteiger partial charge >= 0.3 is 11.9 Å². The minimum absolute atomic E-state index is 0.185. The molecule has 0 rings (SSSR count). The van der Waals surface area contributed by atoms with Gasteiger partial charge in [-0.15, -0.1) is 0 Å². The minimum atomic E-state index is -0.518. The van der Waals surface area contributed by atoms with Crippen molar-refractivity contribution >= 4 is 11.9 Å². The lowest BCUT2D eigenvalue weighted by molar-refractivity contribution is -0.142. The molecule has 23 heavy (non-hydrogen) atoms. The molecule has 134 valence electrons. The van der Waals surface area contributed by atoms with Crippen molar-refractivity contribution in [2.45, 2.75) is 91.1 Å². The summed E-state index contributed by atoms with van der Waals surface area (Å²) in [5, 5.41) is 0. The van der Waals surface area contributed by atoms with Gasteiger partial charge in [-0.05, 0) is 20.3 Å². The van der Waals surface area contributed by atoms with Crippen LogP contribution in [-0.2, 0) is 19.1 Å². The molecule has 4 nitrogen and oxygen atoms in total. The van der Waals surface area contributed by atoms with Crippen molar-refractivity contribution in [3.63, 3.8) is 0 Å². The molecule has 4 heteroatoms. The first-order valence-corrected chi connectivity index (χ1v) is 9.11. The van der Waals surface area contributed by atoms with Gasteiger partial charge in [0.05, 0.1) is 12.7 Å². The smallest absolute Gasteiger partial charge is 0.331 e. The van der Waals surface area contributed by atoms with Crippen molar-refractivity contribution in [3.8, 4) is 0 Å². The van der Waals surface area contributed by atoms with Crippen LogP contribution in [0.15, 0.2) is 12.2 Å². The summed E-state index contributed by atoms with van der Waals surface area (Å²) < 4.78 is 9.91. The van der Waals surface area contributed by atoms with Crippen LogP contribution < -0.4 is 0 Å². The number of esters is 2. The summed E-state index contributed by atoms with van der Waals surface area (Å²) in [6, 6.07) is 0. The molecular formula is C19H34O4. The summed E-state index contributed by atoms with van der Waals surface area (Å²) in [7, 11) is 0. The molecule has 0 saturated carbocycles. The van der Waals surface area contributed by atoms with E-state index in [-0.39, 0.29) is 6.10 Å². The van der Waals surface area contributed by atoms with Crippen molar-refractivity contribution < 1.29 is 19.1 Å². The third-order valence-electron chi connectivity index (χ3n) is 3.45. The van der Waals surface area contributed by atoms with E-state index in [1.165, 1.54) is 51.4 Å². The van der Waals surface area contributed by atoms with Crippen LogP contribution in [0.25, 0.3) is 0 Å². The first-order valence-electron chi connectivity index (χ1n) is 9.11. The molecule has 0 radical (unpaired) electrons. The predicted octanol–water partition coefficient (Wildman–Crippen LogP) is 4.96. The molecule has 0 unspecified atom stereocenters. The standard InChI is InChI=1S/C19H34O4/c1-4-5-6-7-8-9-10-11-12-13-16-22-18(20)14-15-19(21)23-17(2)3/h14-15,17H,4-13,16H2,1-3H3/b15-14+. The molecule has 0 aliphatic rings. The monoisotopic (exact) mass is 326 g/mol. The van der Waals surface area contributed by atoms with Gasteiger partial charge in [0.1, 0.15) is 0 Å². The molecule has 0 aromatic rings. The highest BCUT2D eigenvalue weighted by Crippen LogP contribution is 2.10. The lowest BCUT2D eigenvalue weighted by Crippen LogP contribution is -2.09. The quantitative estimate of drug-likeness (QED) is 0.257. The average Bonchev–Trinajstić information content (AvgIpc) is 2.50. The Balaban J connectivity index is 3.39. The highest BCUT2D eigenvalue weighted by molar-refractivity contribution is 5.91. The van der Waals surface area contributed by atoms with Crippen LogP contribution in [0.3, 0.4) is 0 Å². The molecule has 0 bridgehead atoms. The molecule has 0 heterocycles. The molecule has 0 aromatic heterocycles. The van der Waals surface area contributed by atoms with Crippen LogP contribution in [0, 0.1) is 0 Å². The fourth-order valence-corrected chi connectivity index (χ4v) is 2.22. The van der Waals surface area contributed by atoms with Crippen molar-refractivity contribution in [2.24, 2.45) is 0 Å². The van der Waals surface area contributed by atoms with Gasteiger partial charge < -0.3 is 9.47 Å². The van der Waals surface area contributed by atoms with Gasteiger partial charge in [-0.25, -0.2) is 9.59 Å². The molecule has 0 spiro atoms. The van der Waals surface area contributed by atoms with E-state index < -0.39 is 11.9 Å². The molecule has 0 amide bonds. The fraction of sp³-hybridized carbons (Fsp3) is 0.789. The second kappa shape index (κ2) is 15.6. The van der Waals surface area contributed by atoms with E-state index >= 15 is 0 Å². The van der Waals surface area contributed by atoms with Crippen LogP contribution in [0.4, 0.5) is 0 Å². The molecule has 0 atom stereocenters. The van der Waals surface area contributed by atoms with Gasteiger partial charge in [-0.2, -0.15) is 0 Å². The van der Waals surface area contributed by atoms with E-state index in [2.05, 4.69) is 6.92 Å². The third kappa shape index (κ3) is 16.9. The zero-order valence-electron chi connectivity index (χ0n) is 15.1. The topological polar surface area (TPSA) is 52.6 Å². The Morgan fingerprint density at radius 1 is 0.783 bits per heavy atom. The summed E-state index contributed by atoms with van der Waals surface area (Å²) in [6.45, 7) is 6.17. The van der Waals surface area contributed by atoms with Gasteiger partial charge in [0, 0.05) is 12.2 Å². The van der Waals surface area contributed by atoms with Crippen LogP contribution in [0.2, 0.25) is 0 Å². The fourth-order valence-electron chi connectivity index (χ4n) is 2.22. The summed E-state index contributed by atoms with van der Waals surface area (Å²) in [6.07, 6.45) is 14.5. The second-order valence-corrected chi connectivity index (χ2v) is 6.17. The van der Waals surface area contributed by atoms with Crippen molar-refractivity contribution in [1.82, 2.24) is 0 Å². The lowest BCUT2D eigenvalue weighted by atomic mass is 10.1. The summed E-state index contributed by atoms with van der Waals surface area (Å²) >= 11 is 0. The highest BCUT2D eigenvalue weighted by Gasteiger charge is 2.02. The van der Waals surface area contributed by atoms with Gasteiger partial charge in [-0.3, -0.25) is 0 Å². The van der Waals surface area contributed by atoms with Crippen molar-refractivity contribution in [3.05, 3.63) is 12.2 Å². The minimum Gasteiger partial charge on any atom is -0.463 e. The van der Waals surface area contributed by atoms with Crippen LogP contribution in [-0.4, -0.2) is 24.6 Å². The molecule has 0 fully saturated rings. The van der Waals surface area contributed by atoms with Gasteiger partial charge in [0.2, 0.25) is 0 Å². The number of carbonyl (C=O) groups is 2. The number of unbranched alkanes of at least 4 members (excludes halogenated alkanes) is 9. The van der Waals surface area contributed by atoms with E-state index in [4.69, 9.17) is 9.47 Å². The van der Waals surface area contributed by atoms with Gasteiger partial charge in [0.15, 0.2) is 0 Å². The highest BCUT2D eigenvalue weighted by atomic mass is 16.5. The predicted molar refractivity (Wildman–Crippen MR) is 93.2 cm³/mol. The van der Waals surface area contributed by atoms with Crippen molar-refractivity contribution in [1.29, 1.82) is 0 Å². The lowest BCUT2D eigenvalue weighted by Gasteiger charge is -2.04. The number of rotatable bonds is 14. The molecular weight excluding hydrogens is 292 g/mol. The van der Waals surface area contributed by atoms with E-state index in [0.717, 1.165) is 25.0 Å². The Morgan fingerprint density at radius 2 is 1.26 bits per heavy atom. The number of hydrogen-bond donors (Lipinski definition) is 0. The van der Waals surface area contributed by atoms with Crippen LogP contribution in [0.1, 0.15) is 85.0 Å². The Bertz CT molecular complexity index is 334. The van der Waals surface area contributed by atoms with Crippen LogP contribution >= 0.6 is 0 Å². The molecule has 0 saturated heterocycles. The van der Waals surface area contributed by atoms with E-state index in [9.17, 15) is 9.59 Å². The molecule has 0 aliphatic heterocycles. The molecule has 0 aliphatic carbocycles. The Hall–Kier alpha value is -1.32. The normalized spacial score (nSPS) is 11.1. The second-order valence-electron chi connectivity index (χ2n) is 6.17. The summed E-state index contributed by atoms with van der Waals surface area (Å²) in [4.78, 5) is 22.6. The van der Waals surface area contributed by atoms with Crippen molar-refractivity contribution in [2.75, 3.05) is 6.61 Å². The maximum absolute atomic E-state index is 11.4. The SMILES string of the molecule is CCCCCCCCCCCCOC(=O)/C=C/C(=O)OC(C)C. The average molecular weight is 326 g/mol. The number of hydrogen-bond acceptors (Lipinski definition) is 4. The number of carbonyl (C=O) groups excluding carboxylic acids is 2. The largest absolute Gasteiger partial charge is 0.463 e. The van der Waals surface area contributed by atoms with Gasteiger partial charge in [-0.1, -0.05) is 64.7 Å². The maximum Gasteiger partial charge on any atom is 0.331 e. The zero-order chi connectivity index (χ0) is 17.3. The van der Waals surface area contributed by atoms with E-state index in [1.807, 2.05) is 0 Å². The van der Waals surface area contributed by atoms with Gasteiger partial charge in [0.25, 0.3) is 0 Å². The summed E-state index contributed by atoms with van der Waals surface area (Å²) in [5.41, 5.74) is 0. The Labute approximate surface area is 141 Å². The number of ether oxygens (including phenoxy) is 2. The Kier molecular flexibility index (Phi) is 14.7.